The molecule has 0 unspecified atom stereocenters. The minimum atomic E-state index is -1.04. The Morgan fingerprint density at radius 3 is 2.49 bits per heavy atom. The van der Waals surface area contributed by atoms with Gasteiger partial charge in [0.25, 0.3) is 11.6 Å². The number of hydrogen-bond acceptors (Lipinski definition) is 6. The van der Waals surface area contributed by atoms with Crippen molar-refractivity contribution >= 4 is 34.9 Å². The number of allylic oxidation sites excluding steroid dienone is 2. The van der Waals surface area contributed by atoms with E-state index in [2.05, 4.69) is 0 Å². The first-order valence-electron chi connectivity index (χ1n) is 11.5. The highest BCUT2D eigenvalue weighted by Gasteiger charge is 2.32. The second-order valence-electron chi connectivity index (χ2n) is 8.10. The molecule has 9 heteroatoms. The first-order chi connectivity index (χ1) is 17.9. The summed E-state index contributed by atoms with van der Waals surface area (Å²) < 4.78 is 10.8. The zero-order valence-corrected chi connectivity index (χ0v) is 19.8. The summed E-state index contributed by atoms with van der Waals surface area (Å²) in [6.45, 7) is 0.191. The van der Waals surface area contributed by atoms with E-state index >= 15 is 0 Å². The molecular weight excluding hydrogens is 476 g/mol. The lowest BCUT2D eigenvalue weighted by atomic mass is 10.1. The van der Waals surface area contributed by atoms with E-state index in [0.717, 1.165) is 22.4 Å². The van der Waals surface area contributed by atoms with Crippen molar-refractivity contribution in [3.63, 3.8) is 0 Å². The molecule has 0 aromatic heterocycles. The minimum Gasteiger partial charge on any atom is -0.491 e. The van der Waals surface area contributed by atoms with E-state index in [1.54, 1.807) is 41.3 Å². The van der Waals surface area contributed by atoms with Gasteiger partial charge >= 0.3 is 5.97 Å². The first-order valence-corrected chi connectivity index (χ1v) is 11.5. The van der Waals surface area contributed by atoms with E-state index in [-0.39, 0.29) is 31.4 Å². The van der Waals surface area contributed by atoms with E-state index < -0.39 is 17.5 Å². The van der Waals surface area contributed by atoms with Gasteiger partial charge in [0.2, 0.25) is 0 Å². The number of carboxylic acids is 1. The number of nitro groups is 1. The number of anilines is 1. The van der Waals surface area contributed by atoms with Crippen LogP contribution in [0.25, 0.3) is 11.6 Å². The van der Waals surface area contributed by atoms with Crippen molar-refractivity contribution in [2.24, 2.45) is 0 Å². The monoisotopic (exact) mass is 500 g/mol. The summed E-state index contributed by atoms with van der Waals surface area (Å²) in [6.07, 6.45) is 5.28. The summed E-state index contributed by atoms with van der Waals surface area (Å²) in [4.78, 5) is 36.1. The van der Waals surface area contributed by atoms with Gasteiger partial charge in [-0.1, -0.05) is 48.6 Å². The lowest BCUT2D eigenvalue weighted by Crippen LogP contribution is -2.26. The van der Waals surface area contributed by atoms with Crippen LogP contribution in [0.15, 0.2) is 84.9 Å². The van der Waals surface area contributed by atoms with Crippen LogP contribution in [-0.2, 0) is 20.9 Å². The maximum Gasteiger partial charge on any atom is 0.329 e. The number of nitro benzene ring substituents is 1. The molecule has 0 fully saturated rings. The highest BCUT2D eigenvalue weighted by atomic mass is 16.6. The third kappa shape index (κ3) is 6.28. The number of para-hydroxylation sites is 2. The maximum absolute atomic E-state index is 13.4. The Labute approximate surface area is 213 Å². The highest BCUT2D eigenvalue weighted by Crippen LogP contribution is 2.38. The van der Waals surface area contributed by atoms with Crippen LogP contribution < -0.4 is 9.64 Å². The molecule has 0 bridgehead atoms. The van der Waals surface area contributed by atoms with Gasteiger partial charge in [0.1, 0.15) is 19.0 Å². The van der Waals surface area contributed by atoms with E-state index in [1.807, 2.05) is 42.5 Å². The predicted molar refractivity (Wildman–Crippen MR) is 138 cm³/mol. The number of carbonyl (C=O) groups excluding carboxylic acids is 1. The quantitative estimate of drug-likeness (QED) is 0.175. The van der Waals surface area contributed by atoms with Crippen molar-refractivity contribution in [1.29, 1.82) is 0 Å². The molecule has 0 radical (unpaired) electrons. The van der Waals surface area contributed by atoms with Gasteiger partial charge in [-0.05, 0) is 35.9 Å². The molecule has 1 N–H and O–H groups in total. The average Bonchev–Trinajstić information content (AvgIpc) is 3.15. The molecule has 1 amide bonds. The van der Waals surface area contributed by atoms with Crippen LogP contribution in [0.5, 0.6) is 5.75 Å². The molecule has 0 saturated carbocycles. The van der Waals surface area contributed by atoms with Crippen molar-refractivity contribution in [1.82, 2.24) is 0 Å². The van der Waals surface area contributed by atoms with Crippen LogP contribution in [0.3, 0.4) is 0 Å². The number of nitrogens with zero attached hydrogens (tertiary/aromatic N) is 2. The first kappa shape index (κ1) is 25.3. The summed E-state index contributed by atoms with van der Waals surface area (Å²) >= 11 is 0. The molecule has 9 nitrogen and oxygen atoms in total. The number of rotatable bonds is 11. The number of fused-ring (bicyclic) bond motifs is 1. The number of non-ortho nitro benzene ring substituents is 1. The SMILES string of the molecule is O=C(O)COCCOc1ccccc1CN1C(=O)C(=C/C=C/c2ccc([N+](=O)[O-])cc2)c2ccccc21. The Morgan fingerprint density at radius 1 is 1.00 bits per heavy atom. The number of ether oxygens (including phenoxy) is 2. The van der Waals surface area contributed by atoms with Gasteiger partial charge in [0, 0.05) is 28.8 Å². The highest BCUT2D eigenvalue weighted by molar-refractivity contribution is 6.32. The smallest absolute Gasteiger partial charge is 0.329 e. The number of hydrogen-bond donors (Lipinski definition) is 1. The Kier molecular flexibility index (Phi) is 8.07. The van der Waals surface area contributed by atoms with Crippen molar-refractivity contribution in [2.75, 3.05) is 24.7 Å². The summed E-state index contributed by atoms with van der Waals surface area (Å²) in [7, 11) is 0. The number of aliphatic carboxylic acids is 1. The van der Waals surface area contributed by atoms with Gasteiger partial charge < -0.3 is 19.5 Å². The van der Waals surface area contributed by atoms with Crippen molar-refractivity contribution < 1.29 is 29.1 Å². The van der Waals surface area contributed by atoms with E-state index in [0.29, 0.717) is 11.3 Å². The van der Waals surface area contributed by atoms with Crippen LogP contribution in [0, 0.1) is 10.1 Å². The molecule has 37 heavy (non-hydrogen) atoms. The molecule has 0 aliphatic carbocycles. The molecule has 0 spiro atoms. The summed E-state index contributed by atoms with van der Waals surface area (Å²) in [5.74, 6) is -0.616. The van der Waals surface area contributed by atoms with E-state index in [9.17, 15) is 19.7 Å². The summed E-state index contributed by atoms with van der Waals surface area (Å²) in [5, 5.41) is 19.5. The zero-order valence-electron chi connectivity index (χ0n) is 19.8. The Bertz CT molecular complexity index is 1360. The van der Waals surface area contributed by atoms with Gasteiger partial charge in [0.15, 0.2) is 0 Å². The lowest BCUT2D eigenvalue weighted by molar-refractivity contribution is -0.384. The molecule has 3 aromatic carbocycles. The fourth-order valence-corrected chi connectivity index (χ4v) is 3.90. The standard InChI is InChI=1S/C28H24N2O7/c31-27(32)19-36-16-17-37-26-11-4-1-7-21(26)18-29-25-10-3-2-8-23(25)24(28(29)33)9-5-6-20-12-14-22(15-13-20)30(34)35/h1-15H,16-19H2,(H,31,32)/b6-5+,24-9?. The third-order valence-corrected chi connectivity index (χ3v) is 5.63. The normalized spacial score (nSPS) is 13.8. The third-order valence-electron chi connectivity index (χ3n) is 5.63. The van der Waals surface area contributed by atoms with Crippen molar-refractivity contribution in [2.45, 2.75) is 6.54 Å². The second-order valence-corrected chi connectivity index (χ2v) is 8.10. The zero-order chi connectivity index (χ0) is 26.2. The Morgan fingerprint density at radius 2 is 1.73 bits per heavy atom. The van der Waals surface area contributed by atoms with Crippen LogP contribution in [0.2, 0.25) is 0 Å². The van der Waals surface area contributed by atoms with Crippen LogP contribution in [0.1, 0.15) is 16.7 Å². The van der Waals surface area contributed by atoms with Gasteiger partial charge in [-0.15, -0.1) is 0 Å². The fraction of sp³-hybridized carbons (Fsp3) is 0.143. The molecule has 0 atom stereocenters. The van der Waals surface area contributed by atoms with Gasteiger partial charge in [-0.3, -0.25) is 14.9 Å². The fourth-order valence-electron chi connectivity index (χ4n) is 3.90. The van der Waals surface area contributed by atoms with Crippen molar-refractivity contribution in [3.8, 4) is 5.75 Å². The average molecular weight is 501 g/mol. The van der Waals surface area contributed by atoms with Gasteiger partial charge in [-0.25, -0.2) is 4.79 Å². The largest absolute Gasteiger partial charge is 0.491 e. The van der Waals surface area contributed by atoms with Crippen LogP contribution in [0.4, 0.5) is 11.4 Å². The molecule has 3 aromatic rings. The van der Waals surface area contributed by atoms with Crippen LogP contribution in [-0.4, -0.2) is 41.7 Å². The summed E-state index contributed by atoms with van der Waals surface area (Å²) in [5.41, 5.74) is 3.71. The van der Waals surface area contributed by atoms with Crippen LogP contribution >= 0.6 is 0 Å². The minimum absolute atomic E-state index is 0.0168. The molecule has 188 valence electrons. The number of benzene rings is 3. The molecular formula is C28H24N2O7. The second kappa shape index (κ2) is 11.8. The predicted octanol–water partition coefficient (Wildman–Crippen LogP) is 4.72. The number of carbonyl (C=O) groups is 2. The van der Waals surface area contributed by atoms with Gasteiger partial charge in [0.05, 0.1) is 23.8 Å². The summed E-state index contributed by atoms with van der Waals surface area (Å²) in [6, 6.07) is 21.0. The number of carboxylic acid groups (broad SMARTS) is 1. The number of amides is 1. The molecule has 1 heterocycles. The topological polar surface area (TPSA) is 119 Å². The molecule has 1 aliphatic rings. The molecule has 4 rings (SSSR count). The molecule has 1 aliphatic heterocycles. The van der Waals surface area contributed by atoms with E-state index in [4.69, 9.17) is 14.6 Å². The Hall–Kier alpha value is -4.76. The van der Waals surface area contributed by atoms with Gasteiger partial charge in [-0.2, -0.15) is 0 Å². The maximum atomic E-state index is 13.4. The Balaban J connectivity index is 1.50. The van der Waals surface area contributed by atoms with Crippen molar-refractivity contribution in [3.05, 3.63) is 112 Å². The lowest BCUT2D eigenvalue weighted by Gasteiger charge is -2.19. The molecule has 0 saturated heterocycles. The van der Waals surface area contributed by atoms with E-state index in [1.165, 1.54) is 12.1 Å².